The molecule has 0 fully saturated rings. The summed E-state index contributed by atoms with van der Waals surface area (Å²) in [7, 11) is 1.75. The molecule has 0 saturated carbocycles. The summed E-state index contributed by atoms with van der Waals surface area (Å²) in [6.07, 6.45) is 0. The molecule has 0 aliphatic carbocycles. The molecule has 1 N–H and O–H groups in total. The molecule has 0 saturated heterocycles. The maximum absolute atomic E-state index is 12.7. The van der Waals surface area contributed by atoms with Crippen LogP contribution in [-0.2, 0) is 6.54 Å². The highest BCUT2D eigenvalue weighted by Crippen LogP contribution is 2.20. The molecule has 0 atom stereocenters. The molecule has 1 amide bonds. The van der Waals surface area contributed by atoms with E-state index >= 15 is 0 Å². The van der Waals surface area contributed by atoms with E-state index < -0.39 is 0 Å². The number of amides is 1. The Morgan fingerprint density at radius 3 is 2.81 bits per heavy atom. The summed E-state index contributed by atoms with van der Waals surface area (Å²) in [5, 5.41) is 5.24. The molecule has 112 valence electrons. The Kier molecular flexibility index (Phi) is 5.20. The Morgan fingerprint density at radius 2 is 2.24 bits per heavy atom. The number of nitrogens with zero attached hydrogens (tertiary/aromatic N) is 2. The van der Waals surface area contributed by atoms with E-state index in [4.69, 9.17) is 11.6 Å². The molecule has 0 radical (unpaired) electrons. The Hall–Kier alpha value is -1.59. The molecule has 0 aromatic carbocycles. The van der Waals surface area contributed by atoms with Gasteiger partial charge in [-0.05, 0) is 37.4 Å². The van der Waals surface area contributed by atoms with E-state index in [0.29, 0.717) is 23.1 Å². The number of anilines is 1. The van der Waals surface area contributed by atoms with Crippen LogP contribution >= 0.6 is 22.9 Å². The zero-order chi connectivity index (χ0) is 15.4. The number of rotatable bonds is 5. The average Bonchev–Trinajstić information content (AvgIpc) is 2.96. The summed E-state index contributed by atoms with van der Waals surface area (Å²) in [6, 6.07) is 7.45. The summed E-state index contributed by atoms with van der Waals surface area (Å²) in [6.45, 7) is 4.61. The molecule has 2 heterocycles. The fraction of sp³-hybridized carbons (Fsp3) is 0.333. The maximum atomic E-state index is 12.7. The zero-order valence-electron chi connectivity index (χ0n) is 12.3. The Balaban J connectivity index is 2.28. The van der Waals surface area contributed by atoms with Gasteiger partial charge in [0.2, 0.25) is 0 Å². The van der Waals surface area contributed by atoms with E-state index in [2.05, 4.69) is 10.3 Å². The molecule has 0 bridgehead atoms. The first-order chi connectivity index (χ1) is 10.0. The van der Waals surface area contributed by atoms with Crippen molar-refractivity contribution in [2.45, 2.75) is 26.4 Å². The van der Waals surface area contributed by atoms with Gasteiger partial charge in [-0.15, -0.1) is 11.3 Å². The summed E-state index contributed by atoms with van der Waals surface area (Å²) >= 11 is 7.63. The summed E-state index contributed by atoms with van der Waals surface area (Å²) < 4.78 is 0. The second kappa shape index (κ2) is 6.91. The van der Waals surface area contributed by atoms with Crippen LogP contribution in [0, 0.1) is 0 Å². The Bertz CT molecular complexity index is 613. The molecule has 6 heteroatoms. The van der Waals surface area contributed by atoms with Crippen molar-refractivity contribution in [1.82, 2.24) is 9.88 Å². The molecule has 4 nitrogen and oxygen atoms in total. The number of hydrogen-bond donors (Lipinski definition) is 1. The lowest BCUT2D eigenvalue weighted by Crippen LogP contribution is -2.36. The topological polar surface area (TPSA) is 45.2 Å². The number of halogens is 1. The Labute approximate surface area is 133 Å². The third-order valence-corrected chi connectivity index (χ3v) is 4.14. The summed E-state index contributed by atoms with van der Waals surface area (Å²) in [5.41, 5.74) is 0.546. The molecule has 2 aromatic heterocycles. The van der Waals surface area contributed by atoms with Crippen molar-refractivity contribution in [1.29, 1.82) is 0 Å². The van der Waals surface area contributed by atoms with Gasteiger partial charge in [0.05, 0.1) is 6.54 Å². The Morgan fingerprint density at radius 1 is 1.48 bits per heavy atom. The predicted molar refractivity (Wildman–Crippen MR) is 88.1 cm³/mol. The maximum Gasteiger partial charge on any atom is 0.254 e. The minimum absolute atomic E-state index is 0.0424. The third-order valence-electron chi connectivity index (χ3n) is 3.09. The number of thiophene rings is 1. The van der Waals surface area contributed by atoms with Crippen LogP contribution < -0.4 is 5.32 Å². The highest BCUT2D eigenvalue weighted by Gasteiger charge is 2.20. The van der Waals surface area contributed by atoms with Crippen molar-refractivity contribution in [3.63, 3.8) is 0 Å². The van der Waals surface area contributed by atoms with Crippen molar-refractivity contribution in [2.75, 3.05) is 12.4 Å². The minimum Gasteiger partial charge on any atom is -0.373 e. The SMILES string of the molecule is CNc1cc(C(=O)N(Cc2cccs2)C(C)C)cc(Cl)n1. The second-order valence-electron chi connectivity index (χ2n) is 4.92. The van der Waals surface area contributed by atoms with Crippen LogP contribution in [0.3, 0.4) is 0 Å². The van der Waals surface area contributed by atoms with Gasteiger partial charge in [0.15, 0.2) is 0 Å². The van der Waals surface area contributed by atoms with Gasteiger partial charge in [0, 0.05) is 23.5 Å². The monoisotopic (exact) mass is 323 g/mol. The number of pyridine rings is 1. The molecular weight excluding hydrogens is 306 g/mol. The van der Waals surface area contributed by atoms with Crippen LogP contribution in [0.1, 0.15) is 29.1 Å². The quantitative estimate of drug-likeness (QED) is 0.849. The average molecular weight is 324 g/mol. The van der Waals surface area contributed by atoms with Crippen molar-refractivity contribution in [3.8, 4) is 0 Å². The number of aromatic nitrogens is 1. The van der Waals surface area contributed by atoms with Crippen molar-refractivity contribution >= 4 is 34.7 Å². The summed E-state index contributed by atoms with van der Waals surface area (Å²) in [4.78, 5) is 19.8. The van der Waals surface area contributed by atoms with Gasteiger partial charge in [-0.3, -0.25) is 4.79 Å². The molecule has 21 heavy (non-hydrogen) atoms. The van der Waals surface area contributed by atoms with E-state index in [9.17, 15) is 4.79 Å². The molecule has 0 unspecified atom stereocenters. The standard InChI is InChI=1S/C15H18ClN3OS/c1-10(2)19(9-12-5-4-6-21-12)15(20)11-7-13(16)18-14(8-11)17-3/h4-8,10H,9H2,1-3H3,(H,17,18). The molecular formula is C15H18ClN3OS. The lowest BCUT2D eigenvalue weighted by molar-refractivity contribution is 0.0692. The van der Waals surface area contributed by atoms with E-state index in [1.165, 1.54) is 0 Å². The van der Waals surface area contributed by atoms with Crippen LogP contribution in [0.2, 0.25) is 5.15 Å². The van der Waals surface area contributed by atoms with Crippen LogP contribution in [-0.4, -0.2) is 28.9 Å². The van der Waals surface area contributed by atoms with E-state index in [1.54, 1.807) is 30.5 Å². The second-order valence-corrected chi connectivity index (χ2v) is 6.34. The first-order valence-corrected chi connectivity index (χ1v) is 7.95. The van der Waals surface area contributed by atoms with Crippen LogP contribution in [0.4, 0.5) is 5.82 Å². The highest BCUT2D eigenvalue weighted by molar-refractivity contribution is 7.09. The lowest BCUT2D eigenvalue weighted by atomic mass is 10.2. The molecule has 0 spiro atoms. The van der Waals surface area contributed by atoms with Crippen molar-refractivity contribution in [3.05, 3.63) is 45.2 Å². The van der Waals surface area contributed by atoms with Crippen LogP contribution in [0.15, 0.2) is 29.6 Å². The first kappa shape index (κ1) is 15.8. The normalized spacial score (nSPS) is 10.7. The fourth-order valence-electron chi connectivity index (χ4n) is 1.97. The number of hydrogen-bond acceptors (Lipinski definition) is 4. The van der Waals surface area contributed by atoms with Crippen LogP contribution in [0.5, 0.6) is 0 Å². The summed E-state index contributed by atoms with van der Waals surface area (Å²) in [5.74, 6) is 0.546. The first-order valence-electron chi connectivity index (χ1n) is 6.70. The van der Waals surface area contributed by atoms with Gasteiger partial charge in [-0.2, -0.15) is 0 Å². The van der Waals surface area contributed by atoms with Gasteiger partial charge >= 0.3 is 0 Å². The zero-order valence-corrected chi connectivity index (χ0v) is 13.8. The molecule has 2 rings (SSSR count). The van der Waals surface area contributed by atoms with Crippen LogP contribution in [0.25, 0.3) is 0 Å². The van der Waals surface area contributed by atoms with Crippen molar-refractivity contribution in [2.24, 2.45) is 0 Å². The van der Waals surface area contributed by atoms with Gasteiger partial charge < -0.3 is 10.2 Å². The predicted octanol–water partition coefficient (Wildman–Crippen LogP) is 3.89. The van der Waals surface area contributed by atoms with Gasteiger partial charge in [0.25, 0.3) is 5.91 Å². The van der Waals surface area contributed by atoms with E-state index in [1.807, 2.05) is 36.3 Å². The molecule has 2 aromatic rings. The highest BCUT2D eigenvalue weighted by atomic mass is 35.5. The van der Waals surface area contributed by atoms with E-state index in [0.717, 1.165) is 4.88 Å². The number of nitrogens with one attached hydrogen (secondary N) is 1. The van der Waals surface area contributed by atoms with Gasteiger partial charge in [-0.25, -0.2) is 4.98 Å². The molecule has 0 aliphatic heterocycles. The lowest BCUT2D eigenvalue weighted by Gasteiger charge is -2.26. The smallest absolute Gasteiger partial charge is 0.254 e. The number of carbonyl (C=O) groups excluding carboxylic acids is 1. The minimum atomic E-state index is -0.0424. The third kappa shape index (κ3) is 3.95. The van der Waals surface area contributed by atoms with E-state index in [-0.39, 0.29) is 11.9 Å². The largest absolute Gasteiger partial charge is 0.373 e. The molecule has 0 aliphatic rings. The number of carbonyl (C=O) groups is 1. The van der Waals surface area contributed by atoms with Crippen molar-refractivity contribution < 1.29 is 4.79 Å². The van der Waals surface area contributed by atoms with Gasteiger partial charge in [-0.1, -0.05) is 17.7 Å². The van der Waals surface area contributed by atoms with Gasteiger partial charge in [0.1, 0.15) is 11.0 Å². The fourth-order valence-corrected chi connectivity index (χ4v) is 2.88.